The maximum atomic E-state index is 6.38. The van der Waals surface area contributed by atoms with Crippen LogP contribution in [0.5, 0.6) is 34.5 Å². The normalized spacial score (nSPS) is 10.9. The zero-order valence-electron chi connectivity index (χ0n) is 45.1. The van der Waals surface area contributed by atoms with Crippen molar-refractivity contribution in [3.05, 3.63) is 234 Å². The molecule has 0 heterocycles. The topological polar surface area (TPSA) is 55.4 Å². The lowest BCUT2D eigenvalue weighted by Crippen LogP contribution is -2.17. The highest BCUT2D eigenvalue weighted by atomic mass is 127. The molecule has 6 nitrogen and oxygen atoms in total. The summed E-state index contributed by atoms with van der Waals surface area (Å²) in [5, 5.41) is 0. The van der Waals surface area contributed by atoms with Gasteiger partial charge in [-0.2, -0.15) is 0 Å². The molecule has 0 N–H and O–H groups in total. The molecule has 0 aliphatic carbocycles. The molecule has 0 spiro atoms. The van der Waals surface area contributed by atoms with Gasteiger partial charge in [0, 0.05) is 21.4 Å². The van der Waals surface area contributed by atoms with Crippen molar-refractivity contribution in [3.63, 3.8) is 0 Å². The van der Waals surface area contributed by atoms with Crippen molar-refractivity contribution in [2.45, 2.75) is 120 Å². The van der Waals surface area contributed by atoms with E-state index in [0.29, 0.717) is 39.6 Å². The van der Waals surface area contributed by atoms with E-state index in [4.69, 9.17) is 28.4 Å². The summed E-state index contributed by atoms with van der Waals surface area (Å²) in [7, 11) is 0. The summed E-state index contributed by atoms with van der Waals surface area (Å²) in [5.74, 6) is 5.29. The molecule has 8 aromatic rings. The lowest BCUT2D eigenvalue weighted by molar-refractivity contribution is 0.288. The average Bonchev–Trinajstić information content (AvgIpc) is 3.50. The maximum Gasteiger partial charge on any atom is 0.119 e. The first-order valence-corrected chi connectivity index (χ1v) is 33.0. The molecule has 0 saturated heterocycles. The Labute approximate surface area is 545 Å². The summed E-state index contributed by atoms with van der Waals surface area (Å²) in [6, 6.07) is 49.5. The minimum absolute atomic E-state index is 0.518. The first-order chi connectivity index (χ1) is 37.9. The third-order valence-corrected chi connectivity index (χ3v) is 18.0. The Hall–Kier alpha value is -3.06. The number of ether oxygens (including phenoxy) is 6. The van der Waals surface area contributed by atoms with Crippen molar-refractivity contribution < 1.29 is 28.4 Å². The van der Waals surface area contributed by atoms with E-state index in [1.165, 1.54) is 88.2 Å². The van der Waals surface area contributed by atoms with Crippen LogP contribution in [0.15, 0.2) is 146 Å². The van der Waals surface area contributed by atoms with Crippen LogP contribution in [0.25, 0.3) is 0 Å². The highest BCUT2D eigenvalue weighted by molar-refractivity contribution is 14.1. The van der Waals surface area contributed by atoms with E-state index in [1.54, 1.807) is 0 Å². The van der Waals surface area contributed by atoms with Gasteiger partial charge in [-0.1, -0.05) is 41.5 Å². The van der Waals surface area contributed by atoms with E-state index in [2.05, 4.69) is 250 Å². The lowest BCUT2D eigenvalue weighted by Gasteiger charge is -2.26. The zero-order valence-corrected chi connectivity index (χ0v) is 58.0. The summed E-state index contributed by atoms with van der Waals surface area (Å²) < 4.78 is 45.5. The van der Waals surface area contributed by atoms with Gasteiger partial charge in [0.1, 0.15) is 74.1 Å². The fraction of sp³-hybridized carbons (Fsp3) is 0.273. The first-order valence-electron chi connectivity index (χ1n) is 26.5. The molecule has 0 aromatic heterocycles. The van der Waals surface area contributed by atoms with Crippen LogP contribution in [0, 0.1) is 21.4 Å². The molecule has 0 aliphatic heterocycles. The van der Waals surface area contributed by atoms with Crippen molar-refractivity contribution in [1.29, 1.82) is 0 Å². The molecule has 0 amide bonds. The summed E-state index contributed by atoms with van der Waals surface area (Å²) in [6.45, 7) is 16.5. The Bertz CT molecular complexity index is 2570. The van der Waals surface area contributed by atoms with Gasteiger partial charge in [0.05, 0.1) is 0 Å². The van der Waals surface area contributed by atoms with E-state index >= 15 is 0 Å². The molecule has 8 rings (SSSR count). The summed E-state index contributed by atoms with van der Waals surface area (Å²) in [6.07, 6.45) is 5.47. The molecule has 0 atom stereocenters. The third-order valence-electron chi connectivity index (χ3n) is 13.7. The predicted octanol–water partition coefficient (Wildman–Crippen LogP) is 19.8. The van der Waals surface area contributed by atoms with Gasteiger partial charge >= 0.3 is 0 Å². The van der Waals surface area contributed by atoms with Gasteiger partial charge in [0.2, 0.25) is 0 Å². The molecule has 12 heteroatoms. The molecule has 0 aliphatic rings. The van der Waals surface area contributed by atoms with Crippen molar-refractivity contribution in [2.75, 3.05) is 0 Å². The highest BCUT2D eigenvalue weighted by Gasteiger charge is 2.25. The highest BCUT2D eigenvalue weighted by Crippen LogP contribution is 2.36. The number of hydrogen-bond donors (Lipinski definition) is 0. The van der Waals surface area contributed by atoms with Crippen LogP contribution in [-0.4, -0.2) is 0 Å². The van der Waals surface area contributed by atoms with Gasteiger partial charge in [0.15, 0.2) is 0 Å². The molecule has 0 radical (unpaired) electrons. The molecule has 0 saturated carbocycles. The predicted molar refractivity (Wildman–Crippen MR) is 370 cm³/mol. The Morgan fingerprint density at radius 2 is 0.308 bits per heavy atom. The largest absolute Gasteiger partial charge is 0.489 e. The molecule has 0 fully saturated rings. The van der Waals surface area contributed by atoms with Gasteiger partial charge < -0.3 is 28.4 Å². The Kier molecular flexibility index (Phi) is 25.6. The number of halogens is 6. The van der Waals surface area contributed by atoms with Gasteiger partial charge in [-0.05, 0) is 386 Å². The molecular weight excluding hydrogens is 1650 g/mol. The second-order valence-electron chi connectivity index (χ2n) is 18.3. The van der Waals surface area contributed by atoms with E-state index < -0.39 is 0 Å². The molecule has 0 bridgehead atoms. The van der Waals surface area contributed by atoms with Crippen LogP contribution in [-0.2, 0) is 78.2 Å². The van der Waals surface area contributed by atoms with Gasteiger partial charge in [-0.15, -0.1) is 0 Å². The SMILES string of the molecule is CCc1c(COc2ccc(I)cc2)c(CC)c(COc2ccc(I)cc2)c(CC)c1COc1ccc(I)cc1.CCc1c(COc2ccc(I)cc2)c(CC)c(COc2ccc(I)cc2)c(CC)c1COc1ccc(I)cc1. The fourth-order valence-corrected chi connectivity index (χ4v) is 12.1. The van der Waals surface area contributed by atoms with Crippen LogP contribution in [0.3, 0.4) is 0 Å². The van der Waals surface area contributed by atoms with E-state index in [1.807, 2.05) is 72.8 Å². The minimum atomic E-state index is 0.518. The minimum Gasteiger partial charge on any atom is -0.489 e. The van der Waals surface area contributed by atoms with E-state index in [-0.39, 0.29) is 0 Å². The van der Waals surface area contributed by atoms with Gasteiger partial charge in [-0.25, -0.2) is 0 Å². The number of rotatable bonds is 24. The molecule has 0 unspecified atom stereocenters. The maximum absolute atomic E-state index is 6.38. The second-order valence-corrected chi connectivity index (χ2v) is 25.8. The number of benzene rings is 8. The lowest BCUT2D eigenvalue weighted by atomic mass is 9.84. The summed E-state index contributed by atoms with van der Waals surface area (Å²) >= 11 is 13.9. The van der Waals surface area contributed by atoms with Crippen molar-refractivity contribution in [1.82, 2.24) is 0 Å². The second kappa shape index (κ2) is 32.0. The van der Waals surface area contributed by atoms with Crippen molar-refractivity contribution in [3.8, 4) is 34.5 Å². The van der Waals surface area contributed by atoms with Gasteiger partial charge in [-0.3, -0.25) is 0 Å². The Morgan fingerprint density at radius 3 is 0.410 bits per heavy atom. The average molecular weight is 1720 g/mol. The smallest absolute Gasteiger partial charge is 0.119 e. The fourth-order valence-electron chi connectivity index (χ4n) is 9.91. The van der Waals surface area contributed by atoms with Crippen LogP contribution < -0.4 is 28.4 Å². The molecule has 8 aromatic carbocycles. The van der Waals surface area contributed by atoms with Crippen LogP contribution in [0.4, 0.5) is 0 Å². The van der Waals surface area contributed by atoms with Crippen LogP contribution >= 0.6 is 136 Å². The van der Waals surface area contributed by atoms with Crippen LogP contribution in [0.1, 0.15) is 108 Å². The number of hydrogen-bond acceptors (Lipinski definition) is 6. The molecule has 78 heavy (non-hydrogen) atoms. The zero-order chi connectivity index (χ0) is 55.6. The standard InChI is InChI=1S/2C33H33I3O3/c2*1-4-28-31(19-37-25-13-7-22(34)8-14-25)29(5-2)33(21-39-27-17-11-24(36)12-18-27)30(6-3)32(28)20-38-26-15-9-23(35)10-16-26/h2*7-18H,4-6,19-21H2,1-3H3. The Balaban J connectivity index is 0.000000226. The van der Waals surface area contributed by atoms with Crippen LogP contribution in [0.2, 0.25) is 0 Å². The van der Waals surface area contributed by atoms with Gasteiger partial charge in [0.25, 0.3) is 0 Å². The van der Waals surface area contributed by atoms with Crippen molar-refractivity contribution in [2.24, 2.45) is 0 Å². The quantitative estimate of drug-likeness (QED) is 0.0562. The first kappa shape index (κ1) is 62.5. The summed E-state index contributed by atoms with van der Waals surface area (Å²) in [4.78, 5) is 0. The van der Waals surface area contributed by atoms with E-state index in [0.717, 1.165) is 73.0 Å². The third kappa shape index (κ3) is 17.5. The van der Waals surface area contributed by atoms with Crippen molar-refractivity contribution >= 4 is 136 Å². The summed E-state index contributed by atoms with van der Waals surface area (Å²) in [5.41, 5.74) is 15.6. The Morgan fingerprint density at radius 1 is 0.192 bits per heavy atom. The van der Waals surface area contributed by atoms with E-state index in [9.17, 15) is 0 Å². The molecular formula is C66H66I6O6. The monoisotopic (exact) mass is 1720 g/mol. The molecule has 408 valence electrons.